The molecule has 0 aromatic heterocycles. The topological polar surface area (TPSA) is 80.8 Å². The van der Waals surface area contributed by atoms with Gasteiger partial charge in [-0.1, -0.05) is 60.2 Å². The number of benzene rings is 3. The number of fused-ring (bicyclic) bond motifs is 2. The Labute approximate surface area is 192 Å². The zero-order valence-corrected chi connectivity index (χ0v) is 19.1. The number of sulfonamides is 1. The van der Waals surface area contributed by atoms with Gasteiger partial charge in [0.2, 0.25) is 0 Å². The molecule has 3 aromatic carbocycles. The predicted octanol–water partition coefficient (Wildman–Crippen LogP) is 4.10. The molecule has 7 heteroatoms. The van der Waals surface area contributed by atoms with Crippen molar-refractivity contribution in [2.24, 2.45) is 5.41 Å². The maximum Gasteiger partial charge on any atom is 0.321 e. The van der Waals surface area contributed by atoms with Crippen molar-refractivity contribution in [2.45, 2.75) is 30.2 Å². The van der Waals surface area contributed by atoms with Crippen molar-refractivity contribution in [3.05, 3.63) is 95.6 Å². The first kappa shape index (κ1) is 21.4. The lowest BCUT2D eigenvalue weighted by atomic mass is 9.51. The summed E-state index contributed by atoms with van der Waals surface area (Å²) in [6.45, 7) is 1.88. The number of hydrogen-bond donors (Lipinski definition) is 0. The second-order valence-corrected chi connectivity index (χ2v) is 10.4. The van der Waals surface area contributed by atoms with Crippen molar-refractivity contribution >= 4 is 27.5 Å². The lowest BCUT2D eigenvalue weighted by Crippen LogP contribution is -2.70. The number of hydrogen-bond acceptors (Lipinski definition) is 5. The zero-order chi connectivity index (χ0) is 23.4. The summed E-state index contributed by atoms with van der Waals surface area (Å²) in [5, 5.41) is 0. The van der Waals surface area contributed by atoms with Crippen LogP contribution in [0.3, 0.4) is 0 Å². The Morgan fingerprint density at radius 3 is 2.27 bits per heavy atom. The van der Waals surface area contributed by atoms with Crippen LogP contribution in [0.4, 0.5) is 5.69 Å². The highest BCUT2D eigenvalue weighted by Gasteiger charge is 2.70. The number of rotatable bonds is 4. The smallest absolute Gasteiger partial charge is 0.321 e. The molecule has 1 aliphatic carbocycles. The molecule has 0 amide bonds. The van der Waals surface area contributed by atoms with E-state index in [0.717, 1.165) is 11.1 Å². The summed E-state index contributed by atoms with van der Waals surface area (Å²) in [5.41, 5.74) is 0.701. The number of anilines is 1. The Kier molecular flexibility index (Phi) is 4.90. The number of para-hydroxylation sites is 1. The van der Waals surface area contributed by atoms with Crippen molar-refractivity contribution in [1.29, 1.82) is 0 Å². The van der Waals surface area contributed by atoms with Gasteiger partial charge in [-0.25, -0.2) is 8.42 Å². The number of Topliss-reactive ketones (excluding diaryl/α,β-unsaturated/α-hetero) is 1. The molecule has 33 heavy (non-hydrogen) atoms. The Morgan fingerprint density at radius 2 is 1.61 bits per heavy atom. The van der Waals surface area contributed by atoms with Gasteiger partial charge < -0.3 is 4.74 Å². The number of ether oxygens (including phenoxy) is 1. The van der Waals surface area contributed by atoms with Crippen LogP contribution in [0.5, 0.6) is 0 Å². The first-order valence-electron chi connectivity index (χ1n) is 10.7. The summed E-state index contributed by atoms with van der Waals surface area (Å²) in [6, 6.07) is 21.6. The highest BCUT2D eigenvalue weighted by Crippen LogP contribution is 2.61. The summed E-state index contributed by atoms with van der Waals surface area (Å²) < 4.78 is 34.5. The molecule has 0 unspecified atom stereocenters. The Morgan fingerprint density at radius 1 is 0.970 bits per heavy atom. The van der Waals surface area contributed by atoms with Gasteiger partial charge in [-0.05, 0) is 43.2 Å². The molecular formula is C26H23NO5S. The van der Waals surface area contributed by atoms with E-state index in [2.05, 4.69) is 0 Å². The summed E-state index contributed by atoms with van der Waals surface area (Å²) in [4.78, 5) is 27.0. The minimum atomic E-state index is -4.09. The standard InChI is InChI=1S/C26H23NO5S/c1-17-12-14-19(15-13-17)33(30,31)27-22-11-7-6-10-20(22)24(28)26(25(29)32-2)16-21(23(26)27)18-8-4-3-5-9-18/h3-15,21,23H,16H2,1-2H3/t21-,23-,26-/m0/s1. The maximum absolute atomic E-state index is 14.1. The van der Waals surface area contributed by atoms with Gasteiger partial charge in [0, 0.05) is 11.5 Å². The van der Waals surface area contributed by atoms with Gasteiger partial charge >= 0.3 is 5.97 Å². The SMILES string of the molecule is COC(=O)[C@@]12C[C@@H](c3ccccc3)[C@@H]1N(S(=O)(=O)c1ccc(C)cc1)c1ccccc1C2=O. The maximum atomic E-state index is 14.1. The van der Waals surface area contributed by atoms with E-state index >= 15 is 0 Å². The summed E-state index contributed by atoms with van der Waals surface area (Å²) in [6.07, 6.45) is 0.182. The molecule has 0 spiro atoms. The van der Waals surface area contributed by atoms with Crippen LogP contribution in [0.15, 0.2) is 83.8 Å². The molecule has 6 nitrogen and oxygen atoms in total. The van der Waals surface area contributed by atoms with Gasteiger partial charge in [0.05, 0.1) is 23.7 Å². The van der Waals surface area contributed by atoms with E-state index in [-0.39, 0.29) is 28.5 Å². The summed E-state index contributed by atoms with van der Waals surface area (Å²) in [7, 11) is -2.86. The molecule has 0 saturated heterocycles. The van der Waals surface area contributed by atoms with E-state index in [1.165, 1.54) is 11.4 Å². The molecule has 1 aliphatic heterocycles. The number of esters is 1. The third-order valence-corrected chi connectivity index (χ3v) is 8.64. The number of methoxy groups -OCH3 is 1. The Hall–Kier alpha value is -3.45. The molecule has 2 aliphatic rings. The van der Waals surface area contributed by atoms with Crippen molar-refractivity contribution in [2.75, 3.05) is 11.4 Å². The quantitative estimate of drug-likeness (QED) is 0.432. The zero-order valence-electron chi connectivity index (χ0n) is 18.3. The van der Waals surface area contributed by atoms with Gasteiger partial charge in [-0.15, -0.1) is 0 Å². The van der Waals surface area contributed by atoms with E-state index < -0.39 is 33.2 Å². The molecule has 1 saturated carbocycles. The van der Waals surface area contributed by atoms with Crippen LogP contribution >= 0.6 is 0 Å². The average molecular weight is 462 g/mol. The van der Waals surface area contributed by atoms with Gasteiger partial charge in [0.1, 0.15) is 0 Å². The molecular weight excluding hydrogens is 438 g/mol. The van der Waals surface area contributed by atoms with Crippen LogP contribution in [0, 0.1) is 12.3 Å². The van der Waals surface area contributed by atoms with Gasteiger partial charge in [-0.3, -0.25) is 13.9 Å². The summed E-state index contributed by atoms with van der Waals surface area (Å²) >= 11 is 0. The van der Waals surface area contributed by atoms with Crippen LogP contribution in [0.1, 0.15) is 33.8 Å². The van der Waals surface area contributed by atoms with Crippen LogP contribution in [0.25, 0.3) is 0 Å². The lowest BCUT2D eigenvalue weighted by Gasteiger charge is -2.58. The fourth-order valence-corrected chi connectivity index (χ4v) is 6.93. The molecule has 0 radical (unpaired) electrons. The first-order valence-corrected chi connectivity index (χ1v) is 12.1. The van der Waals surface area contributed by atoms with E-state index in [1.54, 1.807) is 48.5 Å². The molecule has 0 N–H and O–H groups in total. The second-order valence-electron chi connectivity index (χ2n) is 8.59. The Bertz CT molecular complexity index is 1350. The van der Waals surface area contributed by atoms with Crippen LogP contribution < -0.4 is 4.31 Å². The van der Waals surface area contributed by atoms with Crippen molar-refractivity contribution in [1.82, 2.24) is 0 Å². The third-order valence-electron chi connectivity index (χ3n) is 6.83. The summed E-state index contributed by atoms with van der Waals surface area (Å²) in [5.74, 6) is -1.44. The van der Waals surface area contributed by atoms with E-state index in [4.69, 9.17) is 4.74 Å². The number of aryl methyl sites for hydroxylation is 1. The van der Waals surface area contributed by atoms with E-state index in [0.29, 0.717) is 0 Å². The number of nitrogens with zero attached hydrogens (tertiary/aromatic N) is 1. The Balaban J connectivity index is 1.78. The molecule has 3 aromatic rings. The monoisotopic (exact) mass is 461 g/mol. The molecule has 3 atom stereocenters. The van der Waals surface area contributed by atoms with Gasteiger partial charge in [-0.2, -0.15) is 0 Å². The van der Waals surface area contributed by atoms with Crippen LogP contribution in [-0.2, 0) is 19.6 Å². The normalized spacial score (nSPS) is 23.8. The fourth-order valence-electron chi connectivity index (χ4n) is 5.18. The predicted molar refractivity (Wildman–Crippen MR) is 124 cm³/mol. The average Bonchev–Trinajstić information content (AvgIpc) is 2.82. The van der Waals surface area contributed by atoms with Gasteiger partial charge in [0.15, 0.2) is 11.2 Å². The van der Waals surface area contributed by atoms with Crippen molar-refractivity contribution < 1.29 is 22.7 Å². The molecule has 5 rings (SSSR count). The molecule has 0 bridgehead atoms. The molecule has 1 fully saturated rings. The van der Waals surface area contributed by atoms with E-state index in [1.807, 2.05) is 37.3 Å². The fraction of sp³-hybridized carbons (Fsp3) is 0.231. The van der Waals surface area contributed by atoms with Crippen LogP contribution in [0.2, 0.25) is 0 Å². The highest BCUT2D eigenvalue weighted by atomic mass is 32.2. The number of carbonyl (C=O) groups excluding carboxylic acids is 2. The number of carbonyl (C=O) groups is 2. The number of ketones is 1. The molecule has 168 valence electrons. The van der Waals surface area contributed by atoms with Gasteiger partial charge in [0.25, 0.3) is 10.0 Å². The molecule has 1 heterocycles. The highest BCUT2D eigenvalue weighted by molar-refractivity contribution is 7.92. The van der Waals surface area contributed by atoms with E-state index in [9.17, 15) is 18.0 Å². The van der Waals surface area contributed by atoms with Crippen molar-refractivity contribution in [3.63, 3.8) is 0 Å². The third kappa shape index (κ3) is 2.95. The minimum absolute atomic E-state index is 0.106. The largest absolute Gasteiger partial charge is 0.468 e. The lowest BCUT2D eigenvalue weighted by molar-refractivity contribution is -0.156. The minimum Gasteiger partial charge on any atom is -0.468 e. The van der Waals surface area contributed by atoms with Crippen molar-refractivity contribution in [3.8, 4) is 0 Å². The van der Waals surface area contributed by atoms with Crippen LogP contribution in [-0.4, -0.2) is 33.3 Å². The first-order chi connectivity index (χ1) is 15.8. The second kappa shape index (κ2) is 7.56.